The molecule has 0 radical (unpaired) electrons. The molecule has 2 aromatic rings. The Morgan fingerprint density at radius 3 is 2.74 bits per heavy atom. The number of nitrogens with zero attached hydrogens (tertiary/aromatic N) is 3. The summed E-state index contributed by atoms with van der Waals surface area (Å²) in [5.41, 5.74) is 4.72. The summed E-state index contributed by atoms with van der Waals surface area (Å²) in [6.45, 7) is 9.21. The Kier molecular flexibility index (Phi) is 6.37. The van der Waals surface area contributed by atoms with Gasteiger partial charge in [0.15, 0.2) is 5.96 Å². The number of hydrogen-bond donors (Lipinski definition) is 2. The predicted molar refractivity (Wildman–Crippen MR) is 110 cm³/mol. The lowest BCUT2D eigenvalue weighted by molar-refractivity contribution is 0.392. The SMILES string of the molecule is CN=C(NCCc1c(C)noc1C)NC(C)c1cccc(N2CCCC2)c1. The standard InChI is InChI=1S/C21H31N5O/c1-15(18-8-7-9-19(14-18)26-12-5-6-13-26)24-21(22-4)23-11-10-20-16(2)25-27-17(20)3/h7-9,14-15H,5-6,10-13H2,1-4H3,(H2,22,23,24). The van der Waals surface area contributed by atoms with Crippen molar-refractivity contribution in [2.24, 2.45) is 4.99 Å². The summed E-state index contributed by atoms with van der Waals surface area (Å²) in [5.74, 6) is 1.70. The average Bonchev–Trinajstić information content (AvgIpc) is 3.32. The molecular weight excluding hydrogens is 338 g/mol. The first-order valence-electron chi connectivity index (χ1n) is 9.82. The van der Waals surface area contributed by atoms with Gasteiger partial charge in [-0.3, -0.25) is 4.99 Å². The van der Waals surface area contributed by atoms with Gasteiger partial charge >= 0.3 is 0 Å². The molecule has 1 atom stereocenters. The summed E-state index contributed by atoms with van der Waals surface area (Å²) in [7, 11) is 1.80. The summed E-state index contributed by atoms with van der Waals surface area (Å²) in [5, 5.41) is 10.9. The first-order chi connectivity index (χ1) is 13.1. The van der Waals surface area contributed by atoms with E-state index in [9.17, 15) is 0 Å². The number of aryl methyl sites for hydroxylation is 2. The van der Waals surface area contributed by atoms with Crippen molar-refractivity contribution >= 4 is 11.6 Å². The van der Waals surface area contributed by atoms with Crippen LogP contribution in [0.5, 0.6) is 0 Å². The Bertz CT molecular complexity index is 757. The van der Waals surface area contributed by atoms with E-state index in [0.29, 0.717) is 0 Å². The smallest absolute Gasteiger partial charge is 0.191 e. The van der Waals surface area contributed by atoms with Crippen LogP contribution in [0.3, 0.4) is 0 Å². The van der Waals surface area contributed by atoms with E-state index in [-0.39, 0.29) is 6.04 Å². The van der Waals surface area contributed by atoms with Crippen molar-refractivity contribution in [3.63, 3.8) is 0 Å². The van der Waals surface area contributed by atoms with E-state index in [1.165, 1.54) is 29.7 Å². The monoisotopic (exact) mass is 369 g/mol. The molecule has 6 heteroatoms. The van der Waals surface area contributed by atoms with Crippen LogP contribution in [0.15, 0.2) is 33.8 Å². The minimum absolute atomic E-state index is 0.179. The first kappa shape index (κ1) is 19.3. The maximum Gasteiger partial charge on any atom is 0.191 e. The molecule has 27 heavy (non-hydrogen) atoms. The van der Waals surface area contributed by atoms with Gasteiger partial charge in [-0.05, 0) is 57.7 Å². The number of hydrogen-bond acceptors (Lipinski definition) is 4. The highest BCUT2D eigenvalue weighted by Gasteiger charge is 2.15. The molecule has 2 heterocycles. The molecule has 0 bridgehead atoms. The van der Waals surface area contributed by atoms with Crippen LogP contribution in [0.25, 0.3) is 0 Å². The summed E-state index contributed by atoms with van der Waals surface area (Å²) in [6.07, 6.45) is 3.44. The highest BCUT2D eigenvalue weighted by Crippen LogP contribution is 2.24. The highest BCUT2D eigenvalue weighted by atomic mass is 16.5. The van der Waals surface area contributed by atoms with Crippen molar-refractivity contribution in [3.8, 4) is 0 Å². The van der Waals surface area contributed by atoms with E-state index in [2.05, 4.69) is 56.9 Å². The van der Waals surface area contributed by atoms with Gasteiger partial charge < -0.3 is 20.1 Å². The molecule has 0 saturated carbocycles. The van der Waals surface area contributed by atoms with Crippen LogP contribution in [0.4, 0.5) is 5.69 Å². The highest BCUT2D eigenvalue weighted by molar-refractivity contribution is 5.80. The fourth-order valence-electron chi connectivity index (χ4n) is 3.61. The van der Waals surface area contributed by atoms with E-state index in [1.807, 2.05) is 13.8 Å². The van der Waals surface area contributed by atoms with Gasteiger partial charge in [-0.15, -0.1) is 0 Å². The van der Waals surface area contributed by atoms with Crippen molar-refractivity contribution in [3.05, 3.63) is 46.8 Å². The second kappa shape index (κ2) is 8.93. The fraction of sp³-hybridized carbons (Fsp3) is 0.524. The van der Waals surface area contributed by atoms with Crippen LogP contribution in [0.2, 0.25) is 0 Å². The lowest BCUT2D eigenvalue weighted by atomic mass is 10.1. The molecule has 0 spiro atoms. The zero-order valence-electron chi connectivity index (χ0n) is 16.9. The number of benzene rings is 1. The molecule has 0 aliphatic carbocycles. The van der Waals surface area contributed by atoms with E-state index >= 15 is 0 Å². The Hall–Kier alpha value is -2.50. The fourth-order valence-corrected chi connectivity index (χ4v) is 3.61. The molecule has 1 aliphatic heterocycles. The molecule has 6 nitrogen and oxygen atoms in total. The second-order valence-electron chi connectivity index (χ2n) is 7.21. The molecule has 1 fully saturated rings. The number of rotatable bonds is 6. The summed E-state index contributed by atoms with van der Waals surface area (Å²) in [4.78, 5) is 6.83. The van der Waals surface area contributed by atoms with Gasteiger partial charge in [0.25, 0.3) is 0 Å². The minimum Gasteiger partial charge on any atom is -0.372 e. The maximum atomic E-state index is 5.23. The van der Waals surface area contributed by atoms with Crippen molar-refractivity contribution in [2.75, 3.05) is 31.6 Å². The van der Waals surface area contributed by atoms with Crippen molar-refractivity contribution in [1.82, 2.24) is 15.8 Å². The number of aromatic nitrogens is 1. The zero-order valence-corrected chi connectivity index (χ0v) is 16.9. The normalized spacial score (nSPS) is 15.9. The molecule has 2 N–H and O–H groups in total. The minimum atomic E-state index is 0.179. The molecule has 1 saturated heterocycles. The number of guanidine groups is 1. The number of aliphatic imine (C=N–C) groups is 1. The summed E-state index contributed by atoms with van der Waals surface area (Å²) in [6, 6.07) is 9.00. The van der Waals surface area contributed by atoms with Crippen molar-refractivity contribution in [2.45, 2.75) is 46.1 Å². The van der Waals surface area contributed by atoms with E-state index in [1.54, 1.807) is 7.05 Å². The maximum absolute atomic E-state index is 5.23. The second-order valence-corrected chi connectivity index (χ2v) is 7.21. The van der Waals surface area contributed by atoms with Gasteiger partial charge in [-0.1, -0.05) is 17.3 Å². The molecule has 1 aliphatic rings. The Balaban J connectivity index is 1.55. The van der Waals surface area contributed by atoms with E-state index < -0.39 is 0 Å². The van der Waals surface area contributed by atoms with Crippen LogP contribution < -0.4 is 15.5 Å². The zero-order chi connectivity index (χ0) is 19.2. The molecule has 1 unspecified atom stereocenters. The van der Waals surface area contributed by atoms with Crippen molar-refractivity contribution < 1.29 is 4.52 Å². The average molecular weight is 370 g/mol. The van der Waals surface area contributed by atoms with Gasteiger partial charge in [0.1, 0.15) is 5.76 Å². The van der Waals surface area contributed by atoms with Crippen LogP contribution in [-0.2, 0) is 6.42 Å². The largest absolute Gasteiger partial charge is 0.372 e. The quantitative estimate of drug-likeness (QED) is 0.604. The summed E-state index contributed by atoms with van der Waals surface area (Å²) >= 11 is 0. The van der Waals surface area contributed by atoms with Crippen LogP contribution in [0, 0.1) is 13.8 Å². The third-order valence-corrected chi connectivity index (χ3v) is 5.27. The summed E-state index contributed by atoms with van der Waals surface area (Å²) < 4.78 is 5.23. The van der Waals surface area contributed by atoms with Gasteiger partial charge in [0, 0.05) is 37.9 Å². The third kappa shape index (κ3) is 4.81. The third-order valence-electron chi connectivity index (χ3n) is 5.27. The Morgan fingerprint density at radius 1 is 1.30 bits per heavy atom. The molecule has 1 aromatic carbocycles. The van der Waals surface area contributed by atoms with Crippen molar-refractivity contribution in [1.29, 1.82) is 0 Å². The van der Waals surface area contributed by atoms with E-state index in [0.717, 1.165) is 43.5 Å². The van der Waals surface area contributed by atoms with Gasteiger partial charge in [0.2, 0.25) is 0 Å². The number of nitrogens with one attached hydrogen (secondary N) is 2. The topological polar surface area (TPSA) is 65.7 Å². The molecular formula is C21H31N5O. The molecule has 3 rings (SSSR count). The predicted octanol–water partition coefficient (Wildman–Crippen LogP) is 3.36. The Labute approximate surface area is 162 Å². The molecule has 146 valence electrons. The van der Waals surface area contributed by atoms with E-state index in [4.69, 9.17) is 4.52 Å². The molecule has 1 aromatic heterocycles. The van der Waals surface area contributed by atoms with Crippen LogP contribution in [-0.4, -0.2) is 37.8 Å². The van der Waals surface area contributed by atoms with Gasteiger partial charge in [-0.2, -0.15) is 0 Å². The van der Waals surface area contributed by atoms with Crippen LogP contribution >= 0.6 is 0 Å². The number of anilines is 1. The molecule has 0 amide bonds. The van der Waals surface area contributed by atoms with Gasteiger partial charge in [-0.25, -0.2) is 0 Å². The Morgan fingerprint density at radius 2 is 2.07 bits per heavy atom. The lowest BCUT2D eigenvalue weighted by Gasteiger charge is -2.22. The van der Waals surface area contributed by atoms with Gasteiger partial charge in [0.05, 0.1) is 11.7 Å². The first-order valence-corrected chi connectivity index (χ1v) is 9.82. The lowest BCUT2D eigenvalue weighted by Crippen LogP contribution is -2.39. The van der Waals surface area contributed by atoms with Crippen LogP contribution in [0.1, 0.15) is 48.4 Å².